The Kier molecular flexibility index (Phi) is 9.39. The maximum absolute atomic E-state index is 11.1. The van der Waals surface area contributed by atoms with Crippen molar-refractivity contribution in [3.8, 4) is 0 Å². The smallest absolute Gasteiger partial charge is 0.314 e. The summed E-state index contributed by atoms with van der Waals surface area (Å²) in [5, 5.41) is 13.6. The van der Waals surface area contributed by atoms with Crippen LogP contribution in [0.25, 0.3) is 0 Å². The number of nitrogens with one attached hydrogen (secondary N) is 2. The second kappa shape index (κ2) is 10.2. The van der Waals surface area contributed by atoms with Crippen LogP contribution >= 0.6 is 0 Å². The molecule has 0 heterocycles. The van der Waals surface area contributed by atoms with Crippen LogP contribution in [0.5, 0.6) is 0 Å². The standard InChI is InChI=1S/C10H20N2O4/c1-2-16-8-7-12-10(15)11-6-4-3-5-9(13)14/h2-8H2,1H3,(H,13,14)(H2,11,12,15). The molecule has 0 aliphatic rings. The van der Waals surface area contributed by atoms with Crippen molar-refractivity contribution in [2.45, 2.75) is 26.2 Å². The molecule has 0 aromatic rings. The number of carbonyl (C=O) groups is 2. The number of rotatable bonds is 9. The van der Waals surface area contributed by atoms with Gasteiger partial charge in [-0.3, -0.25) is 4.79 Å². The first kappa shape index (κ1) is 14.7. The Labute approximate surface area is 95.4 Å². The molecule has 0 saturated heterocycles. The number of carboxylic acid groups (broad SMARTS) is 1. The molecular formula is C10H20N2O4. The van der Waals surface area contributed by atoms with Gasteiger partial charge in [-0.2, -0.15) is 0 Å². The largest absolute Gasteiger partial charge is 0.481 e. The van der Waals surface area contributed by atoms with Crippen molar-refractivity contribution >= 4 is 12.0 Å². The number of hydrogen-bond donors (Lipinski definition) is 3. The molecule has 0 aromatic heterocycles. The SMILES string of the molecule is CCOCCNC(=O)NCCCCC(=O)O. The van der Waals surface area contributed by atoms with Crippen LogP contribution in [-0.2, 0) is 9.53 Å². The Morgan fingerprint density at radius 2 is 1.88 bits per heavy atom. The van der Waals surface area contributed by atoms with Gasteiger partial charge in [0.15, 0.2) is 0 Å². The van der Waals surface area contributed by atoms with E-state index in [1.807, 2.05) is 6.92 Å². The van der Waals surface area contributed by atoms with Gasteiger partial charge in [0, 0.05) is 26.1 Å². The fourth-order valence-electron chi connectivity index (χ4n) is 1.05. The Hall–Kier alpha value is -1.30. The number of aliphatic carboxylic acids is 1. The summed E-state index contributed by atoms with van der Waals surface area (Å²) in [6.45, 7) is 4.01. The lowest BCUT2D eigenvalue weighted by Gasteiger charge is -2.06. The van der Waals surface area contributed by atoms with Crippen LogP contribution in [0.2, 0.25) is 0 Å². The van der Waals surface area contributed by atoms with Crippen molar-refractivity contribution in [2.24, 2.45) is 0 Å². The third-order valence-corrected chi connectivity index (χ3v) is 1.84. The first-order chi connectivity index (χ1) is 7.66. The van der Waals surface area contributed by atoms with Crippen LogP contribution in [0.15, 0.2) is 0 Å². The lowest BCUT2D eigenvalue weighted by molar-refractivity contribution is -0.137. The zero-order chi connectivity index (χ0) is 12.2. The van der Waals surface area contributed by atoms with E-state index in [9.17, 15) is 9.59 Å². The maximum Gasteiger partial charge on any atom is 0.314 e. The summed E-state index contributed by atoms with van der Waals surface area (Å²) in [5.41, 5.74) is 0. The Bertz CT molecular complexity index is 209. The van der Waals surface area contributed by atoms with Gasteiger partial charge >= 0.3 is 12.0 Å². The second-order valence-electron chi connectivity index (χ2n) is 3.23. The number of carbonyl (C=O) groups excluding carboxylic acids is 1. The van der Waals surface area contributed by atoms with Crippen LogP contribution < -0.4 is 10.6 Å². The molecule has 16 heavy (non-hydrogen) atoms. The zero-order valence-electron chi connectivity index (χ0n) is 9.62. The molecule has 0 aromatic carbocycles. The van der Waals surface area contributed by atoms with Gasteiger partial charge in [0.25, 0.3) is 0 Å². The van der Waals surface area contributed by atoms with Crippen molar-refractivity contribution in [1.82, 2.24) is 10.6 Å². The Morgan fingerprint density at radius 3 is 2.50 bits per heavy atom. The number of carboxylic acids is 1. The van der Waals surface area contributed by atoms with Gasteiger partial charge in [-0.05, 0) is 19.8 Å². The van der Waals surface area contributed by atoms with E-state index in [-0.39, 0.29) is 12.5 Å². The predicted octanol–water partition coefficient (Wildman–Crippen LogP) is 0.577. The van der Waals surface area contributed by atoms with E-state index < -0.39 is 5.97 Å². The van der Waals surface area contributed by atoms with Crippen molar-refractivity contribution in [1.29, 1.82) is 0 Å². The van der Waals surface area contributed by atoms with Crippen molar-refractivity contribution in [2.75, 3.05) is 26.3 Å². The molecule has 0 atom stereocenters. The first-order valence-corrected chi connectivity index (χ1v) is 5.48. The van der Waals surface area contributed by atoms with E-state index in [1.165, 1.54) is 0 Å². The van der Waals surface area contributed by atoms with Gasteiger partial charge in [0.1, 0.15) is 0 Å². The molecule has 94 valence electrons. The van der Waals surface area contributed by atoms with Crippen molar-refractivity contribution in [3.05, 3.63) is 0 Å². The number of ether oxygens (including phenoxy) is 1. The maximum atomic E-state index is 11.1. The topological polar surface area (TPSA) is 87.7 Å². The van der Waals surface area contributed by atoms with E-state index >= 15 is 0 Å². The molecule has 0 aliphatic heterocycles. The van der Waals surface area contributed by atoms with E-state index in [2.05, 4.69) is 10.6 Å². The van der Waals surface area contributed by atoms with Gasteiger partial charge in [-0.25, -0.2) is 4.79 Å². The Morgan fingerprint density at radius 1 is 1.19 bits per heavy atom. The molecule has 0 unspecified atom stereocenters. The zero-order valence-corrected chi connectivity index (χ0v) is 9.62. The quantitative estimate of drug-likeness (QED) is 0.507. The summed E-state index contributed by atoms with van der Waals surface area (Å²) in [6.07, 6.45) is 1.40. The molecule has 2 amide bonds. The summed E-state index contributed by atoms with van der Waals surface area (Å²) in [7, 11) is 0. The number of hydrogen-bond acceptors (Lipinski definition) is 3. The van der Waals surface area contributed by atoms with E-state index in [0.29, 0.717) is 39.1 Å². The minimum atomic E-state index is -0.804. The fourth-order valence-corrected chi connectivity index (χ4v) is 1.05. The summed E-state index contributed by atoms with van der Waals surface area (Å²) in [5.74, 6) is -0.804. The predicted molar refractivity (Wildman–Crippen MR) is 59.4 cm³/mol. The minimum Gasteiger partial charge on any atom is -0.481 e. The number of urea groups is 1. The summed E-state index contributed by atoms with van der Waals surface area (Å²) in [6, 6.07) is -0.241. The van der Waals surface area contributed by atoms with Crippen LogP contribution in [0.3, 0.4) is 0 Å². The molecule has 0 rings (SSSR count). The van der Waals surface area contributed by atoms with Crippen molar-refractivity contribution in [3.63, 3.8) is 0 Å². The third-order valence-electron chi connectivity index (χ3n) is 1.84. The second-order valence-corrected chi connectivity index (χ2v) is 3.23. The van der Waals surface area contributed by atoms with Gasteiger partial charge in [0.2, 0.25) is 0 Å². The molecule has 6 heteroatoms. The third kappa shape index (κ3) is 10.8. The molecule has 0 spiro atoms. The summed E-state index contributed by atoms with van der Waals surface area (Å²) < 4.78 is 5.05. The van der Waals surface area contributed by atoms with Gasteiger partial charge in [-0.1, -0.05) is 0 Å². The monoisotopic (exact) mass is 232 g/mol. The highest BCUT2D eigenvalue weighted by Gasteiger charge is 1.99. The van der Waals surface area contributed by atoms with Crippen LogP contribution in [0.1, 0.15) is 26.2 Å². The molecule has 0 fully saturated rings. The molecule has 0 aliphatic carbocycles. The highest BCUT2D eigenvalue weighted by atomic mass is 16.5. The molecule has 6 nitrogen and oxygen atoms in total. The summed E-state index contributed by atoms with van der Waals surface area (Å²) in [4.78, 5) is 21.3. The van der Waals surface area contributed by atoms with Gasteiger partial charge < -0.3 is 20.5 Å². The van der Waals surface area contributed by atoms with Crippen LogP contribution in [0, 0.1) is 0 Å². The van der Waals surface area contributed by atoms with E-state index in [0.717, 1.165) is 0 Å². The van der Waals surface area contributed by atoms with Gasteiger partial charge in [-0.15, -0.1) is 0 Å². The lowest BCUT2D eigenvalue weighted by atomic mass is 10.2. The van der Waals surface area contributed by atoms with Gasteiger partial charge in [0.05, 0.1) is 6.61 Å². The molecule has 0 saturated carbocycles. The summed E-state index contributed by atoms with van der Waals surface area (Å²) >= 11 is 0. The molecule has 3 N–H and O–H groups in total. The fraction of sp³-hybridized carbons (Fsp3) is 0.800. The van der Waals surface area contributed by atoms with Crippen molar-refractivity contribution < 1.29 is 19.4 Å². The lowest BCUT2D eigenvalue weighted by Crippen LogP contribution is -2.37. The first-order valence-electron chi connectivity index (χ1n) is 5.48. The number of unbranched alkanes of at least 4 members (excludes halogenated alkanes) is 1. The number of amides is 2. The van der Waals surface area contributed by atoms with Crippen LogP contribution in [0.4, 0.5) is 4.79 Å². The Balaban J connectivity index is 3.20. The molecular weight excluding hydrogens is 212 g/mol. The average Bonchev–Trinajstić information content (AvgIpc) is 2.23. The highest BCUT2D eigenvalue weighted by molar-refractivity contribution is 5.73. The highest BCUT2D eigenvalue weighted by Crippen LogP contribution is 1.92. The van der Waals surface area contributed by atoms with E-state index in [1.54, 1.807) is 0 Å². The minimum absolute atomic E-state index is 0.146. The van der Waals surface area contributed by atoms with E-state index in [4.69, 9.17) is 9.84 Å². The molecule has 0 radical (unpaired) electrons. The van der Waals surface area contributed by atoms with Crippen LogP contribution in [-0.4, -0.2) is 43.4 Å². The normalized spacial score (nSPS) is 9.81. The average molecular weight is 232 g/mol. The molecule has 0 bridgehead atoms.